The molecular weight excluding hydrogens is 558 g/mol. The Labute approximate surface area is 255 Å². The molecule has 0 aliphatic rings. The maximum absolute atomic E-state index is 14.4. The van der Waals surface area contributed by atoms with E-state index in [1.807, 2.05) is 81.4 Å². The van der Waals surface area contributed by atoms with E-state index in [0.29, 0.717) is 5.69 Å². The summed E-state index contributed by atoms with van der Waals surface area (Å²) in [7, 11) is -4.11. The van der Waals surface area contributed by atoms with Crippen LogP contribution in [0.5, 0.6) is 0 Å². The highest BCUT2D eigenvalue weighted by molar-refractivity contribution is 7.92. The number of hydrogen-bond donors (Lipinski definition) is 1. The van der Waals surface area contributed by atoms with E-state index >= 15 is 0 Å². The Morgan fingerprint density at radius 2 is 1.30 bits per heavy atom. The molecular formula is C35H39N3O4S. The summed E-state index contributed by atoms with van der Waals surface area (Å²) < 4.78 is 29.2. The maximum atomic E-state index is 14.4. The predicted molar refractivity (Wildman–Crippen MR) is 171 cm³/mol. The highest BCUT2D eigenvalue weighted by atomic mass is 32.2. The summed E-state index contributed by atoms with van der Waals surface area (Å²) in [5.74, 6) is -0.765. The van der Waals surface area contributed by atoms with Gasteiger partial charge in [-0.3, -0.25) is 13.9 Å². The molecule has 0 bridgehead atoms. The van der Waals surface area contributed by atoms with Gasteiger partial charge < -0.3 is 10.2 Å². The second kappa shape index (κ2) is 14.6. The van der Waals surface area contributed by atoms with Crippen molar-refractivity contribution in [2.24, 2.45) is 0 Å². The summed E-state index contributed by atoms with van der Waals surface area (Å²) in [6.07, 6.45) is 1.00. The molecule has 7 nitrogen and oxygen atoms in total. The third-order valence-corrected chi connectivity index (χ3v) is 9.19. The molecule has 0 radical (unpaired) electrons. The monoisotopic (exact) mass is 597 g/mol. The minimum Gasteiger partial charge on any atom is -0.352 e. The van der Waals surface area contributed by atoms with Gasteiger partial charge in [0.15, 0.2) is 0 Å². The molecule has 2 atom stereocenters. The average molecular weight is 598 g/mol. The van der Waals surface area contributed by atoms with Crippen LogP contribution < -0.4 is 9.62 Å². The van der Waals surface area contributed by atoms with Crippen LogP contribution in [0.3, 0.4) is 0 Å². The van der Waals surface area contributed by atoms with Crippen molar-refractivity contribution in [3.8, 4) is 0 Å². The number of amides is 2. The first-order chi connectivity index (χ1) is 20.7. The number of anilines is 1. The third kappa shape index (κ3) is 8.32. The Kier molecular flexibility index (Phi) is 10.7. The molecule has 0 fully saturated rings. The van der Waals surface area contributed by atoms with Gasteiger partial charge in [0, 0.05) is 19.0 Å². The molecule has 4 aromatic carbocycles. The fraction of sp³-hybridized carbons (Fsp3) is 0.257. The van der Waals surface area contributed by atoms with E-state index in [-0.39, 0.29) is 29.8 Å². The van der Waals surface area contributed by atoms with Crippen molar-refractivity contribution in [2.75, 3.05) is 10.8 Å². The van der Waals surface area contributed by atoms with E-state index in [4.69, 9.17) is 0 Å². The zero-order valence-electron chi connectivity index (χ0n) is 24.9. The summed E-state index contributed by atoms with van der Waals surface area (Å²) in [5, 5.41) is 3.05. The number of carbonyl (C=O) groups is 2. The van der Waals surface area contributed by atoms with Crippen LogP contribution in [0.1, 0.15) is 37.0 Å². The average Bonchev–Trinajstić information content (AvgIpc) is 3.02. The molecule has 0 aliphatic carbocycles. The highest BCUT2D eigenvalue weighted by Gasteiger charge is 2.34. The minimum absolute atomic E-state index is 0.0831. The van der Waals surface area contributed by atoms with Crippen molar-refractivity contribution in [3.05, 3.63) is 132 Å². The van der Waals surface area contributed by atoms with Gasteiger partial charge in [0.25, 0.3) is 10.0 Å². The quantitative estimate of drug-likeness (QED) is 0.213. The number of para-hydroxylation sites is 1. The zero-order chi connectivity index (χ0) is 30.8. The third-order valence-electron chi connectivity index (χ3n) is 7.40. The molecule has 0 aromatic heterocycles. The topological polar surface area (TPSA) is 86.8 Å². The number of aryl methyl sites for hydroxylation is 1. The zero-order valence-corrected chi connectivity index (χ0v) is 25.7. The first kappa shape index (κ1) is 31.5. The molecule has 0 spiro atoms. The molecule has 1 N–H and O–H groups in total. The van der Waals surface area contributed by atoms with Gasteiger partial charge in [-0.2, -0.15) is 0 Å². The maximum Gasteiger partial charge on any atom is 0.264 e. The van der Waals surface area contributed by atoms with Crippen molar-refractivity contribution >= 4 is 27.5 Å². The van der Waals surface area contributed by atoms with E-state index in [0.717, 1.165) is 27.4 Å². The minimum atomic E-state index is -4.11. The van der Waals surface area contributed by atoms with Crippen LogP contribution in [0, 0.1) is 6.92 Å². The van der Waals surface area contributed by atoms with E-state index in [2.05, 4.69) is 5.32 Å². The lowest BCUT2D eigenvalue weighted by atomic mass is 10.0. The Hall–Kier alpha value is -4.43. The van der Waals surface area contributed by atoms with Gasteiger partial charge in [-0.1, -0.05) is 103 Å². The van der Waals surface area contributed by atoms with Crippen molar-refractivity contribution in [1.29, 1.82) is 0 Å². The SMILES string of the molecule is CC[C@@H](C)NC(=O)[C@@H](Cc1ccccc1)N(Cc1ccccc1)C(=O)CN(c1ccccc1)S(=O)(=O)c1ccc(C)cc1. The first-order valence-electron chi connectivity index (χ1n) is 14.5. The normalized spacial score (nSPS) is 12.6. The van der Waals surface area contributed by atoms with Gasteiger partial charge in [-0.25, -0.2) is 8.42 Å². The van der Waals surface area contributed by atoms with Gasteiger partial charge in [0.2, 0.25) is 11.8 Å². The van der Waals surface area contributed by atoms with Gasteiger partial charge in [0.05, 0.1) is 10.6 Å². The van der Waals surface area contributed by atoms with Crippen LogP contribution in [-0.2, 0) is 32.6 Å². The number of rotatable bonds is 13. The molecule has 8 heteroatoms. The van der Waals surface area contributed by atoms with Crippen LogP contribution >= 0.6 is 0 Å². The van der Waals surface area contributed by atoms with Gasteiger partial charge >= 0.3 is 0 Å². The lowest BCUT2D eigenvalue weighted by Gasteiger charge is -2.34. The van der Waals surface area contributed by atoms with Gasteiger partial charge in [0.1, 0.15) is 12.6 Å². The second-order valence-corrected chi connectivity index (χ2v) is 12.6. The first-order valence-corrected chi connectivity index (χ1v) is 15.9. The lowest BCUT2D eigenvalue weighted by Crippen LogP contribution is -2.54. The Balaban J connectivity index is 1.77. The number of benzene rings is 4. The van der Waals surface area contributed by atoms with Crippen LogP contribution in [-0.4, -0.2) is 43.8 Å². The number of carbonyl (C=O) groups excluding carboxylic acids is 2. The number of nitrogens with one attached hydrogen (secondary N) is 1. The smallest absolute Gasteiger partial charge is 0.264 e. The summed E-state index contributed by atoms with van der Waals surface area (Å²) >= 11 is 0. The van der Waals surface area contributed by atoms with E-state index in [9.17, 15) is 18.0 Å². The molecule has 0 saturated heterocycles. The van der Waals surface area contributed by atoms with Crippen molar-refractivity contribution in [1.82, 2.24) is 10.2 Å². The fourth-order valence-electron chi connectivity index (χ4n) is 4.74. The van der Waals surface area contributed by atoms with Crippen LogP contribution in [0.2, 0.25) is 0 Å². The van der Waals surface area contributed by atoms with Crippen molar-refractivity contribution < 1.29 is 18.0 Å². The fourth-order valence-corrected chi connectivity index (χ4v) is 6.15. The molecule has 0 unspecified atom stereocenters. The number of hydrogen-bond acceptors (Lipinski definition) is 4. The molecule has 0 heterocycles. The second-order valence-electron chi connectivity index (χ2n) is 10.7. The molecule has 4 rings (SSSR count). The molecule has 224 valence electrons. The molecule has 43 heavy (non-hydrogen) atoms. The van der Waals surface area contributed by atoms with E-state index in [1.54, 1.807) is 54.6 Å². The number of nitrogens with zero attached hydrogens (tertiary/aromatic N) is 2. The standard InChI is InChI=1S/C35H39N3O4S/c1-4-28(3)36-35(40)33(24-29-14-8-5-9-15-29)37(25-30-16-10-6-11-17-30)34(39)26-38(31-18-12-7-13-19-31)43(41,42)32-22-20-27(2)21-23-32/h5-23,28,33H,4,24-26H2,1-3H3,(H,36,40)/t28-,33-/m1/s1. The van der Waals surface area contributed by atoms with Crippen LogP contribution in [0.4, 0.5) is 5.69 Å². The summed E-state index contributed by atoms with van der Waals surface area (Å²) in [4.78, 5) is 29.8. The van der Waals surface area contributed by atoms with Crippen LogP contribution in [0.25, 0.3) is 0 Å². The van der Waals surface area contributed by atoms with Gasteiger partial charge in [-0.15, -0.1) is 0 Å². The van der Waals surface area contributed by atoms with Gasteiger partial charge in [-0.05, 0) is 55.7 Å². The predicted octanol–water partition coefficient (Wildman–Crippen LogP) is 5.75. The summed E-state index contributed by atoms with van der Waals surface area (Å²) in [6.45, 7) is 5.45. The van der Waals surface area contributed by atoms with E-state index in [1.165, 1.54) is 4.90 Å². The van der Waals surface area contributed by atoms with E-state index < -0.39 is 28.5 Å². The Bertz CT molecular complexity index is 1580. The van der Waals surface area contributed by atoms with Crippen molar-refractivity contribution in [2.45, 2.75) is 57.1 Å². The molecule has 4 aromatic rings. The van der Waals surface area contributed by atoms with Crippen LogP contribution in [0.15, 0.2) is 120 Å². The van der Waals surface area contributed by atoms with Crippen molar-refractivity contribution in [3.63, 3.8) is 0 Å². The molecule has 0 saturated carbocycles. The Morgan fingerprint density at radius 3 is 1.86 bits per heavy atom. The Morgan fingerprint density at radius 1 is 0.767 bits per heavy atom. The summed E-state index contributed by atoms with van der Waals surface area (Å²) in [6, 6.07) is 33.1. The lowest BCUT2D eigenvalue weighted by molar-refractivity contribution is -0.140. The molecule has 2 amide bonds. The highest BCUT2D eigenvalue weighted by Crippen LogP contribution is 2.25. The molecule has 0 aliphatic heterocycles. The number of sulfonamides is 1. The largest absolute Gasteiger partial charge is 0.352 e. The summed E-state index contributed by atoms with van der Waals surface area (Å²) in [5.41, 5.74) is 3.01.